The number of anilines is 1. The number of carboxylic acid groups (broad SMARTS) is 1. The molecule has 1 aromatic rings. The van der Waals surface area contributed by atoms with E-state index < -0.39 is 16.2 Å². The Balaban J connectivity index is 2.62. The summed E-state index contributed by atoms with van der Waals surface area (Å²) in [5, 5.41) is 10.2. The normalized spacial score (nSPS) is 11.4. The molecule has 0 aliphatic rings. The van der Waals surface area contributed by atoms with Crippen molar-refractivity contribution >= 4 is 32.6 Å². The van der Waals surface area contributed by atoms with Gasteiger partial charge in [-0.2, -0.15) is 13.1 Å². The minimum Gasteiger partial charge on any atom is -0.481 e. The second kappa shape index (κ2) is 5.94. The number of rotatable bonds is 7. The lowest BCUT2D eigenvalue weighted by atomic mass is 10.3. The third-order valence-corrected chi connectivity index (χ3v) is 3.63. The summed E-state index contributed by atoms with van der Waals surface area (Å²) < 4.78 is 27.4. The molecule has 0 aromatic carbocycles. The molecule has 0 aliphatic heterocycles. The second-order valence-electron chi connectivity index (χ2n) is 3.21. The van der Waals surface area contributed by atoms with Crippen LogP contribution < -0.4 is 9.44 Å². The van der Waals surface area contributed by atoms with Gasteiger partial charge in [-0.1, -0.05) is 6.92 Å². The highest BCUT2D eigenvalue weighted by molar-refractivity contribution is 7.91. The van der Waals surface area contributed by atoms with Crippen LogP contribution in [0.2, 0.25) is 0 Å². The maximum absolute atomic E-state index is 11.4. The van der Waals surface area contributed by atoms with Crippen molar-refractivity contribution in [2.24, 2.45) is 0 Å². The molecule has 17 heavy (non-hydrogen) atoms. The molecule has 1 rings (SSSR count). The third-order valence-electron chi connectivity index (χ3n) is 1.65. The van der Waals surface area contributed by atoms with E-state index in [0.29, 0.717) is 18.7 Å². The fraction of sp³-hybridized carbons (Fsp3) is 0.500. The Morgan fingerprint density at radius 2 is 2.29 bits per heavy atom. The third kappa shape index (κ3) is 5.11. The van der Waals surface area contributed by atoms with E-state index in [1.807, 2.05) is 6.92 Å². The SMILES string of the molecule is CCCNS(=O)(=O)Nc1nc(CC(=O)O)cs1. The Bertz CT molecular complexity index is 483. The molecule has 1 heterocycles. The maximum Gasteiger partial charge on any atom is 0.309 e. The Morgan fingerprint density at radius 3 is 2.88 bits per heavy atom. The van der Waals surface area contributed by atoms with E-state index in [2.05, 4.69) is 14.4 Å². The van der Waals surface area contributed by atoms with E-state index in [-0.39, 0.29) is 11.6 Å². The highest BCUT2D eigenvalue weighted by atomic mass is 32.2. The Labute approximate surface area is 103 Å². The van der Waals surface area contributed by atoms with Crippen LogP contribution in [0.5, 0.6) is 0 Å². The summed E-state index contributed by atoms with van der Waals surface area (Å²) in [5.41, 5.74) is 0.329. The molecular weight excluding hydrogens is 266 g/mol. The number of hydrogen-bond acceptors (Lipinski definition) is 5. The first-order valence-electron chi connectivity index (χ1n) is 4.86. The molecule has 7 nitrogen and oxygen atoms in total. The monoisotopic (exact) mass is 279 g/mol. The molecule has 0 aliphatic carbocycles. The van der Waals surface area contributed by atoms with E-state index >= 15 is 0 Å². The highest BCUT2D eigenvalue weighted by Crippen LogP contribution is 2.16. The smallest absolute Gasteiger partial charge is 0.309 e. The quantitative estimate of drug-likeness (QED) is 0.670. The van der Waals surface area contributed by atoms with Crippen molar-refractivity contribution in [3.8, 4) is 0 Å². The molecule has 0 fully saturated rings. The number of hydrogen-bond donors (Lipinski definition) is 3. The number of carbonyl (C=O) groups is 1. The number of nitrogens with one attached hydrogen (secondary N) is 2. The highest BCUT2D eigenvalue weighted by Gasteiger charge is 2.12. The average Bonchev–Trinajstić information content (AvgIpc) is 2.60. The summed E-state index contributed by atoms with van der Waals surface area (Å²) in [5.74, 6) is -1.01. The van der Waals surface area contributed by atoms with Crippen molar-refractivity contribution in [2.75, 3.05) is 11.3 Å². The molecule has 9 heteroatoms. The number of thiazole rings is 1. The molecule has 96 valence electrons. The van der Waals surface area contributed by atoms with Gasteiger partial charge in [0.25, 0.3) is 0 Å². The first-order valence-corrected chi connectivity index (χ1v) is 7.23. The van der Waals surface area contributed by atoms with Crippen LogP contribution in [0.15, 0.2) is 5.38 Å². The number of carboxylic acids is 1. The lowest BCUT2D eigenvalue weighted by Crippen LogP contribution is -2.30. The Morgan fingerprint density at radius 1 is 1.59 bits per heavy atom. The Hall–Kier alpha value is -1.19. The zero-order chi connectivity index (χ0) is 12.9. The fourth-order valence-corrected chi connectivity index (χ4v) is 2.87. The van der Waals surface area contributed by atoms with Crippen LogP contribution >= 0.6 is 11.3 Å². The standard InChI is InChI=1S/C8H13N3O4S2/c1-2-3-9-17(14,15)11-8-10-6(5-16-8)4-7(12)13/h5,9H,2-4H2,1H3,(H,10,11)(H,12,13). The lowest BCUT2D eigenvalue weighted by Gasteiger charge is -2.04. The number of nitrogens with zero attached hydrogens (tertiary/aromatic N) is 1. The van der Waals surface area contributed by atoms with Crippen LogP contribution in [0.3, 0.4) is 0 Å². The lowest BCUT2D eigenvalue weighted by molar-refractivity contribution is -0.136. The van der Waals surface area contributed by atoms with Gasteiger partial charge in [0.2, 0.25) is 0 Å². The molecule has 0 saturated heterocycles. The zero-order valence-corrected chi connectivity index (χ0v) is 10.8. The molecule has 0 atom stereocenters. The predicted octanol–water partition coefficient (Wildman–Crippen LogP) is 0.427. The molecule has 0 spiro atoms. The minimum atomic E-state index is -3.61. The van der Waals surface area contributed by atoms with Crippen molar-refractivity contribution < 1.29 is 18.3 Å². The molecule has 0 radical (unpaired) electrons. The van der Waals surface area contributed by atoms with E-state index in [1.54, 1.807) is 0 Å². The van der Waals surface area contributed by atoms with Gasteiger partial charge >= 0.3 is 16.2 Å². The molecule has 1 aromatic heterocycles. The van der Waals surface area contributed by atoms with E-state index in [0.717, 1.165) is 11.3 Å². The van der Waals surface area contributed by atoms with Crippen LogP contribution in [0.4, 0.5) is 5.13 Å². The molecule has 0 amide bonds. The van der Waals surface area contributed by atoms with Gasteiger partial charge in [-0.3, -0.25) is 4.79 Å². The summed E-state index contributed by atoms with van der Waals surface area (Å²) in [4.78, 5) is 14.3. The average molecular weight is 279 g/mol. The van der Waals surface area contributed by atoms with Gasteiger partial charge < -0.3 is 5.11 Å². The summed E-state index contributed by atoms with van der Waals surface area (Å²) in [6.07, 6.45) is 0.462. The van der Waals surface area contributed by atoms with Gasteiger partial charge in [-0.15, -0.1) is 11.3 Å². The van der Waals surface area contributed by atoms with E-state index in [4.69, 9.17) is 5.11 Å². The van der Waals surface area contributed by atoms with Crippen LogP contribution in [-0.4, -0.2) is 31.0 Å². The maximum atomic E-state index is 11.4. The van der Waals surface area contributed by atoms with Crippen LogP contribution in [0, 0.1) is 0 Å². The second-order valence-corrected chi connectivity index (χ2v) is 5.57. The molecule has 0 unspecified atom stereocenters. The summed E-state index contributed by atoms with van der Waals surface area (Å²) in [7, 11) is -3.61. The summed E-state index contributed by atoms with van der Waals surface area (Å²) in [6, 6.07) is 0. The van der Waals surface area contributed by atoms with Gasteiger partial charge in [-0.25, -0.2) is 9.71 Å². The van der Waals surface area contributed by atoms with Gasteiger partial charge in [-0.05, 0) is 6.42 Å². The van der Waals surface area contributed by atoms with Crippen LogP contribution in [0.25, 0.3) is 0 Å². The number of aromatic nitrogens is 1. The van der Waals surface area contributed by atoms with Gasteiger partial charge in [0.05, 0.1) is 12.1 Å². The fourth-order valence-electron chi connectivity index (χ4n) is 0.977. The van der Waals surface area contributed by atoms with Gasteiger partial charge in [0, 0.05) is 11.9 Å². The zero-order valence-electron chi connectivity index (χ0n) is 9.13. The van der Waals surface area contributed by atoms with Crippen LogP contribution in [-0.2, 0) is 21.4 Å². The van der Waals surface area contributed by atoms with Crippen molar-refractivity contribution in [2.45, 2.75) is 19.8 Å². The largest absolute Gasteiger partial charge is 0.481 e. The first-order chi connectivity index (χ1) is 7.93. The first kappa shape index (κ1) is 13.9. The summed E-state index contributed by atoms with van der Waals surface area (Å²) >= 11 is 1.05. The van der Waals surface area contributed by atoms with Gasteiger partial charge in [0.15, 0.2) is 5.13 Å². The molecule has 0 saturated carbocycles. The van der Waals surface area contributed by atoms with Crippen molar-refractivity contribution in [1.29, 1.82) is 0 Å². The van der Waals surface area contributed by atoms with Crippen molar-refractivity contribution in [3.63, 3.8) is 0 Å². The molecule has 0 bridgehead atoms. The van der Waals surface area contributed by atoms with Crippen molar-refractivity contribution in [3.05, 3.63) is 11.1 Å². The van der Waals surface area contributed by atoms with Crippen LogP contribution in [0.1, 0.15) is 19.0 Å². The number of aliphatic carboxylic acids is 1. The van der Waals surface area contributed by atoms with Gasteiger partial charge in [0.1, 0.15) is 0 Å². The minimum absolute atomic E-state index is 0.157. The summed E-state index contributed by atoms with van der Waals surface area (Å²) in [6.45, 7) is 2.18. The predicted molar refractivity (Wildman–Crippen MR) is 64.3 cm³/mol. The van der Waals surface area contributed by atoms with Crippen molar-refractivity contribution in [1.82, 2.24) is 9.71 Å². The van der Waals surface area contributed by atoms with E-state index in [1.165, 1.54) is 5.38 Å². The topological polar surface area (TPSA) is 108 Å². The van der Waals surface area contributed by atoms with E-state index in [9.17, 15) is 13.2 Å². The molecule has 3 N–H and O–H groups in total. The molecular formula is C8H13N3O4S2. The Kier molecular flexibility index (Phi) is 4.85.